The average molecular weight is 350 g/mol. The van der Waals surface area contributed by atoms with Crippen molar-refractivity contribution in [1.29, 1.82) is 0 Å². The molecule has 0 unspecified atom stereocenters. The molecule has 0 aliphatic carbocycles. The fourth-order valence-electron chi connectivity index (χ4n) is 2.48. The zero-order valence-corrected chi connectivity index (χ0v) is 14.3. The van der Waals surface area contributed by atoms with Gasteiger partial charge in [-0.15, -0.1) is 0 Å². The van der Waals surface area contributed by atoms with Crippen molar-refractivity contribution in [3.05, 3.63) is 35.4 Å². The van der Waals surface area contributed by atoms with Crippen LogP contribution in [0.15, 0.2) is 34.1 Å². The van der Waals surface area contributed by atoms with E-state index in [0.717, 1.165) is 0 Å². The molecule has 0 radical (unpaired) electrons. The van der Waals surface area contributed by atoms with E-state index >= 15 is 0 Å². The molecular formula is C17H22N2O6. The van der Waals surface area contributed by atoms with Crippen molar-refractivity contribution in [3.8, 4) is 0 Å². The van der Waals surface area contributed by atoms with Gasteiger partial charge in [-0.1, -0.05) is 6.92 Å². The van der Waals surface area contributed by atoms with Gasteiger partial charge in [0.1, 0.15) is 12.4 Å². The number of rotatable bonds is 8. The molecule has 1 aromatic rings. The molecule has 0 fully saturated rings. The van der Waals surface area contributed by atoms with E-state index in [9.17, 15) is 14.4 Å². The number of amides is 2. The number of hydrogen-bond donors (Lipinski definition) is 2. The highest BCUT2D eigenvalue weighted by atomic mass is 16.5. The number of aryl methyl sites for hydroxylation is 1. The largest absolute Gasteiger partial charge is 0.469 e. The highest BCUT2D eigenvalue weighted by Gasteiger charge is 2.31. The predicted octanol–water partition coefficient (Wildman–Crippen LogP) is 1.66. The maximum atomic E-state index is 12.2. The van der Waals surface area contributed by atoms with Crippen LogP contribution in [0, 0.1) is 0 Å². The zero-order chi connectivity index (χ0) is 18.2. The van der Waals surface area contributed by atoms with Crippen LogP contribution in [-0.4, -0.2) is 37.2 Å². The van der Waals surface area contributed by atoms with Gasteiger partial charge in [0.05, 0.1) is 36.6 Å². The minimum atomic E-state index is -0.538. The number of urea groups is 1. The molecule has 0 bridgehead atoms. The summed E-state index contributed by atoms with van der Waals surface area (Å²) in [7, 11) is 0. The van der Waals surface area contributed by atoms with Crippen LogP contribution in [0.1, 0.15) is 32.4 Å². The van der Waals surface area contributed by atoms with Gasteiger partial charge in [-0.25, -0.2) is 9.59 Å². The summed E-state index contributed by atoms with van der Waals surface area (Å²) in [6.45, 7) is 3.54. The maximum absolute atomic E-state index is 12.2. The second kappa shape index (κ2) is 8.91. The van der Waals surface area contributed by atoms with Crippen molar-refractivity contribution in [3.63, 3.8) is 0 Å². The lowest BCUT2D eigenvalue weighted by Gasteiger charge is -2.28. The second-order valence-electron chi connectivity index (χ2n) is 5.41. The summed E-state index contributed by atoms with van der Waals surface area (Å²) in [5, 5.41) is 5.18. The molecule has 8 nitrogen and oxygen atoms in total. The number of carbonyl (C=O) groups excluding carboxylic acids is 3. The molecule has 2 N–H and O–H groups in total. The van der Waals surface area contributed by atoms with E-state index in [1.807, 2.05) is 6.92 Å². The van der Waals surface area contributed by atoms with Crippen LogP contribution in [0.3, 0.4) is 0 Å². The molecule has 0 aromatic carbocycles. The SMILES string of the molecule is CCOC(=O)C1=C(COC(=O)CCc2ccco2)NC(=O)N[C@@H]1CC. The van der Waals surface area contributed by atoms with E-state index in [0.29, 0.717) is 18.6 Å². The van der Waals surface area contributed by atoms with Gasteiger partial charge >= 0.3 is 18.0 Å². The topological polar surface area (TPSA) is 107 Å². The van der Waals surface area contributed by atoms with Crippen molar-refractivity contribution in [2.45, 2.75) is 39.2 Å². The summed E-state index contributed by atoms with van der Waals surface area (Å²) < 4.78 is 15.4. The Morgan fingerprint density at radius 2 is 2.08 bits per heavy atom. The monoisotopic (exact) mass is 350 g/mol. The van der Waals surface area contributed by atoms with Gasteiger partial charge in [0.25, 0.3) is 0 Å². The summed E-state index contributed by atoms with van der Waals surface area (Å²) in [6, 6.07) is 2.59. The summed E-state index contributed by atoms with van der Waals surface area (Å²) in [4.78, 5) is 35.8. The van der Waals surface area contributed by atoms with Crippen LogP contribution in [0.4, 0.5) is 4.79 Å². The Bertz CT molecular complexity index is 650. The Hall–Kier alpha value is -2.77. The third-order valence-electron chi connectivity index (χ3n) is 3.68. The van der Waals surface area contributed by atoms with Crippen LogP contribution in [-0.2, 0) is 25.5 Å². The lowest BCUT2D eigenvalue weighted by Crippen LogP contribution is -2.51. The van der Waals surface area contributed by atoms with Crippen LogP contribution >= 0.6 is 0 Å². The standard InChI is InChI=1S/C17H22N2O6/c1-3-12-15(16(21)23-4-2)13(19-17(22)18-12)10-25-14(20)8-7-11-6-5-9-24-11/h5-6,9,12H,3-4,7-8,10H2,1-2H3,(H2,18,19,22)/t12-/m1/s1. The number of hydrogen-bond acceptors (Lipinski definition) is 6. The highest BCUT2D eigenvalue weighted by Crippen LogP contribution is 2.17. The first-order chi connectivity index (χ1) is 12.0. The normalized spacial score (nSPS) is 16.9. The van der Waals surface area contributed by atoms with Crippen LogP contribution < -0.4 is 10.6 Å². The minimum absolute atomic E-state index is 0.138. The Kier molecular flexibility index (Phi) is 6.62. The molecule has 1 aliphatic rings. The average Bonchev–Trinajstić information content (AvgIpc) is 3.11. The Balaban J connectivity index is 2.02. The minimum Gasteiger partial charge on any atom is -0.469 e. The van der Waals surface area contributed by atoms with E-state index in [-0.39, 0.29) is 30.9 Å². The first kappa shape index (κ1) is 18.6. The molecule has 1 aromatic heterocycles. The van der Waals surface area contributed by atoms with E-state index in [2.05, 4.69) is 10.6 Å². The number of furan rings is 1. The summed E-state index contributed by atoms with van der Waals surface area (Å²) >= 11 is 0. The second-order valence-corrected chi connectivity index (χ2v) is 5.41. The lowest BCUT2D eigenvalue weighted by molar-refractivity contribution is -0.143. The van der Waals surface area contributed by atoms with Crippen molar-refractivity contribution in [1.82, 2.24) is 10.6 Å². The molecule has 1 aliphatic heterocycles. The third kappa shape index (κ3) is 5.10. The van der Waals surface area contributed by atoms with Crippen molar-refractivity contribution < 1.29 is 28.3 Å². The third-order valence-corrected chi connectivity index (χ3v) is 3.68. The number of esters is 2. The molecule has 1 atom stereocenters. The summed E-state index contributed by atoms with van der Waals surface area (Å²) in [5.74, 6) is -0.305. The number of nitrogens with one attached hydrogen (secondary N) is 2. The van der Waals surface area contributed by atoms with Gasteiger partial charge in [-0.2, -0.15) is 0 Å². The quantitative estimate of drug-likeness (QED) is 0.691. The zero-order valence-electron chi connectivity index (χ0n) is 14.3. The maximum Gasteiger partial charge on any atom is 0.338 e. The summed E-state index contributed by atoms with van der Waals surface area (Å²) in [5.41, 5.74) is 0.531. The van der Waals surface area contributed by atoms with E-state index in [1.165, 1.54) is 6.26 Å². The number of carbonyl (C=O) groups is 3. The van der Waals surface area contributed by atoms with E-state index < -0.39 is 24.0 Å². The van der Waals surface area contributed by atoms with Crippen molar-refractivity contribution in [2.75, 3.05) is 13.2 Å². The molecule has 0 spiro atoms. The highest BCUT2D eigenvalue weighted by molar-refractivity contribution is 5.94. The number of ether oxygens (including phenoxy) is 2. The Morgan fingerprint density at radius 3 is 2.72 bits per heavy atom. The molecule has 2 heterocycles. The molecule has 2 rings (SSSR count). The Morgan fingerprint density at radius 1 is 1.28 bits per heavy atom. The lowest BCUT2D eigenvalue weighted by atomic mass is 10.0. The molecule has 0 saturated carbocycles. The van der Waals surface area contributed by atoms with Gasteiger partial charge in [-0.05, 0) is 25.5 Å². The summed E-state index contributed by atoms with van der Waals surface area (Å²) in [6.07, 6.45) is 2.60. The smallest absolute Gasteiger partial charge is 0.338 e. The molecule has 8 heteroatoms. The Labute approximate surface area is 145 Å². The fraction of sp³-hybridized carbons (Fsp3) is 0.471. The van der Waals surface area contributed by atoms with Crippen molar-refractivity contribution >= 4 is 18.0 Å². The molecule has 2 amide bonds. The van der Waals surface area contributed by atoms with Crippen LogP contribution in [0.5, 0.6) is 0 Å². The molecule has 25 heavy (non-hydrogen) atoms. The van der Waals surface area contributed by atoms with Gasteiger partial charge in [-0.3, -0.25) is 4.79 Å². The van der Waals surface area contributed by atoms with E-state index in [4.69, 9.17) is 13.9 Å². The van der Waals surface area contributed by atoms with Gasteiger partial charge in [0.15, 0.2) is 0 Å². The van der Waals surface area contributed by atoms with Gasteiger partial charge in [0, 0.05) is 6.42 Å². The molecule has 0 saturated heterocycles. The first-order valence-electron chi connectivity index (χ1n) is 8.20. The molecule has 136 valence electrons. The van der Waals surface area contributed by atoms with Gasteiger partial charge < -0.3 is 24.5 Å². The van der Waals surface area contributed by atoms with Gasteiger partial charge in [0.2, 0.25) is 0 Å². The molecular weight excluding hydrogens is 328 g/mol. The van der Waals surface area contributed by atoms with Crippen LogP contribution in [0.2, 0.25) is 0 Å². The predicted molar refractivity (Wildman–Crippen MR) is 87.4 cm³/mol. The van der Waals surface area contributed by atoms with E-state index in [1.54, 1.807) is 19.1 Å². The van der Waals surface area contributed by atoms with Crippen molar-refractivity contribution in [2.24, 2.45) is 0 Å². The first-order valence-corrected chi connectivity index (χ1v) is 8.20. The van der Waals surface area contributed by atoms with Crippen LogP contribution in [0.25, 0.3) is 0 Å². The fourth-order valence-corrected chi connectivity index (χ4v) is 2.48.